The van der Waals surface area contributed by atoms with E-state index in [-0.39, 0.29) is 18.2 Å². The van der Waals surface area contributed by atoms with Gasteiger partial charge in [-0.15, -0.1) is 0 Å². The van der Waals surface area contributed by atoms with E-state index in [2.05, 4.69) is 32.4 Å². The summed E-state index contributed by atoms with van der Waals surface area (Å²) in [5, 5.41) is 16.6. The first-order valence-corrected chi connectivity index (χ1v) is 8.30. The fourth-order valence-electron chi connectivity index (χ4n) is 2.99. The van der Waals surface area contributed by atoms with Crippen molar-refractivity contribution in [3.8, 4) is 23.5 Å². The molecule has 1 saturated heterocycles. The number of aromatic nitrogens is 3. The predicted molar refractivity (Wildman–Crippen MR) is 98.5 cm³/mol. The molecule has 1 fully saturated rings. The molecule has 2 aromatic heterocycles. The number of amides is 3. The standard InChI is InChI=1S/C19H15N5O4/c1-28-13-4-3-12-10-24(16(25)14(12)9-13)11-19(17(26)22-18(27)23-19)6-5-15-20-7-2-8-21-15/h2-4,7-10,25H,11H2,1H3,(H2,22,23,26,27)/t19-/m1/s1. The summed E-state index contributed by atoms with van der Waals surface area (Å²) in [6.07, 6.45) is 4.72. The zero-order valence-corrected chi connectivity index (χ0v) is 14.8. The number of aromatic hydroxyl groups is 1. The number of fused-ring (bicyclic) bond motifs is 1. The van der Waals surface area contributed by atoms with Crippen LogP contribution in [-0.2, 0) is 11.3 Å². The summed E-state index contributed by atoms with van der Waals surface area (Å²) >= 11 is 0. The first kappa shape index (κ1) is 17.4. The van der Waals surface area contributed by atoms with Gasteiger partial charge in [-0.2, -0.15) is 0 Å². The maximum absolute atomic E-state index is 12.5. The lowest BCUT2D eigenvalue weighted by atomic mass is 10.0. The van der Waals surface area contributed by atoms with Gasteiger partial charge in [0.2, 0.25) is 11.4 Å². The first-order valence-electron chi connectivity index (χ1n) is 8.30. The van der Waals surface area contributed by atoms with Gasteiger partial charge in [0.15, 0.2) is 5.88 Å². The maximum atomic E-state index is 12.5. The Bertz CT molecular complexity index is 1150. The highest BCUT2D eigenvalue weighted by Crippen LogP contribution is 2.31. The molecule has 0 spiro atoms. The Morgan fingerprint density at radius 1 is 1.29 bits per heavy atom. The van der Waals surface area contributed by atoms with Gasteiger partial charge in [0.05, 0.1) is 13.7 Å². The van der Waals surface area contributed by atoms with Gasteiger partial charge < -0.3 is 19.7 Å². The number of hydrogen-bond acceptors (Lipinski definition) is 6. The molecule has 1 aromatic carbocycles. The van der Waals surface area contributed by atoms with Crippen molar-refractivity contribution in [3.63, 3.8) is 0 Å². The normalized spacial score (nSPS) is 18.3. The molecule has 0 unspecified atom stereocenters. The molecular weight excluding hydrogens is 362 g/mol. The quantitative estimate of drug-likeness (QED) is 0.458. The van der Waals surface area contributed by atoms with E-state index in [4.69, 9.17) is 4.74 Å². The lowest BCUT2D eigenvalue weighted by Crippen LogP contribution is -2.49. The van der Waals surface area contributed by atoms with Crippen molar-refractivity contribution in [1.82, 2.24) is 25.2 Å². The molecule has 0 aliphatic carbocycles. The monoisotopic (exact) mass is 377 g/mol. The third kappa shape index (κ3) is 2.97. The van der Waals surface area contributed by atoms with Gasteiger partial charge in [-0.25, -0.2) is 14.8 Å². The second-order valence-corrected chi connectivity index (χ2v) is 6.17. The fraction of sp³-hybridized carbons (Fsp3) is 0.158. The Morgan fingerprint density at radius 3 is 2.75 bits per heavy atom. The number of urea groups is 1. The predicted octanol–water partition coefficient (Wildman–Crippen LogP) is 0.775. The fourth-order valence-corrected chi connectivity index (χ4v) is 2.99. The number of carbonyl (C=O) groups excluding carboxylic acids is 2. The SMILES string of the molecule is COc1ccc2cn(C[C@@]3(C#Cc4ncccn4)NC(=O)NC3=O)c(O)c2c1. The summed E-state index contributed by atoms with van der Waals surface area (Å²) in [6, 6.07) is 6.21. The zero-order chi connectivity index (χ0) is 19.7. The number of methoxy groups -OCH3 is 1. The Morgan fingerprint density at radius 2 is 2.07 bits per heavy atom. The van der Waals surface area contributed by atoms with Crippen LogP contribution in [0.4, 0.5) is 4.79 Å². The molecule has 9 heteroatoms. The Balaban J connectivity index is 1.76. The minimum absolute atomic E-state index is 0.0695. The molecule has 4 rings (SSSR count). The van der Waals surface area contributed by atoms with Crippen LogP contribution in [0, 0.1) is 11.8 Å². The minimum Gasteiger partial charge on any atom is -0.497 e. The van der Waals surface area contributed by atoms with Crippen LogP contribution in [0.15, 0.2) is 42.9 Å². The van der Waals surface area contributed by atoms with E-state index in [0.29, 0.717) is 11.1 Å². The van der Waals surface area contributed by atoms with Crippen molar-refractivity contribution in [2.24, 2.45) is 0 Å². The summed E-state index contributed by atoms with van der Waals surface area (Å²) in [4.78, 5) is 32.3. The van der Waals surface area contributed by atoms with Gasteiger partial charge in [0.25, 0.3) is 5.91 Å². The third-order valence-electron chi connectivity index (χ3n) is 4.37. The van der Waals surface area contributed by atoms with Gasteiger partial charge in [0, 0.05) is 29.4 Å². The zero-order valence-electron chi connectivity index (χ0n) is 14.8. The molecule has 1 atom stereocenters. The maximum Gasteiger partial charge on any atom is 0.323 e. The number of ether oxygens (including phenoxy) is 1. The van der Waals surface area contributed by atoms with Crippen LogP contribution in [0.3, 0.4) is 0 Å². The van der Waals surface area contributed by atoms with Crippen molar-refractivity contribution >= 4 is 22.7 Å². The molecular formula is C19H15N5O4. The Labute approximate surface area is 159 Å². The minimum atomic E-state index is -1.58. The van der Waals surface area contributed by atoms with E-state index >= 15 is 0 Å². The van der Waals surface area contributed by atoms with Crippen LogP contribution in [0.1, 0.15) is 5.82 Å². The van der Waals surface area contributed by atoms with E-state index in [1.54, 1.807) is 30.5 Å². The number of hydrogen-bond donors (Lipinski definition) is 3. The van der Waals surface area contributed by atoms with Gasteiger partial charge in [0.1, 0.15) is 5.75 Å². The van der Waals surface area contributed by atoms with Crippen molar-refractivity contribution in [1.29, 1.82) is 0 Å². The Kier molecular flexibility index (Phi) is 4.08. The molecule has 140 valence electrons. The molecule has 0 radical (unpaired) electrons. The molecule has 9 nitrogen and oxygen atoms in total. The van der Waals surface area contributed by atoms with E-state index in [9.17, 15) is 14.7 Å². The summed E-state index contributed by atoms with van der Waals surface area (Å²) in [5.74, 6) is 5.58. The highest BCUT2D eigenvalue weighted by molar-refractivity contribution is 6.09. The van der Waals surface area contributed by atoms with Crippen molar-refractivity contribution < 1.29 is 19.4 Å². The summed E-state index contributed by atoms with van der Waals surface area (Å²) < 4.78 is 6.63. The number of carbonyl (C=O) groups is 2. The van der Waals surface area contributed by atoms with Gasteiger partial charge in [-0.3, -0.25) is 10.1 Å². The van der Waals surface area contributed by atoms with Crippen LogP contribution in [0.5, 0.6) is 11.6 Å². The highest BCUT2D eigenvalue weighted by Gasteiger charge is 2.46. The van der Waals surface area contributed by atoms with E-state index in [0.717, 1.165) is 5.39 Å². The first-order chi connectivity index (χ1) is 13.5. The van der Waals surface area contributed by atoms with Crippen LogP contribution in [0.2, 0.25) is 0 Å². The smallest absolute Gasteiger partial charge is 0.323 e. The molecule has 3 amide bonds. The van der Waals surface area contributed by atoms with Crippen molar-refractivity contribution in [3.05, 3.63) is 48.7 Å². The number of benzene rings is 1. The molecule has 0 saturated carbocycles. The van der Waals surface area contributed by atoms with Crippen molar-refractivity contribution in [2.45, 2.75) is 12.1 Å². The molecule has 3 N–H and O–H groups in total. The van der Waals surface area contributed by atoms with Gasteiger partial charge in [-0.05, 0) is 30.2 Å². The third-order valence-corrected chi connectivity index (χ3v) is 4.37. The topological polar surface area (TPSA) is 118 Å². The summed E-state index contributed by atoms with van der Waals surface area (Å²) in [5.41, 5.74) is -1.58. The summed E-state index contributed by atoms with van der Waals surface area (Å²) in [6.45, 7) is -0.104. The largest absolute Gasteiger partial charge is 0.497 e. The number of imide groups is 1. The molecule has 28 heavy (non-hydrogen) atoms. The number of nitrogens with zero attached hydrogens (tertiary/aromatic N) is 3. The molecule has 3 heterocycles. The van der Waals surface area contributed by atoms with E-state index in [1.165, 1.54) is 24.1 Å². The molecule has 1 aliphatic heterocycles. The van der Waals surface area contributed by atoms with Crippen LogP contribution < -0.4 is 15.4 Å². The van der Waals surface area contributed by atoms with E-state index in [1.807, 2.05) is 0 Å². The second kappa shape index (κ2) is 6.59. The lowest BCUT2D eigenvalue weighted by Gasteiger charge is -2.20. The molecule has 0 bridgehead atoms. The van der Waals surface area contributed by atoms with E-state index < -0.39 is 17.5 Å². The Hall–Kier alpha value is -4.06. The summed E-state index contributed by atoms with van der Waals surface area (Å²) in [7, 11) is 1.53. The average molecular weight is 377 g/mol. The number of nitrogens with one attached hydrogen (secondary N) is 2. The van der Waals surface area contributed by atoms with Gasteiger partial charge in [-0.1, -0.05) is 5.92 Å². The van der Waals surface area contributed by atoms with Crippen LogP contribution in [0.25, 0.3) is 10.8 Å². The highest BCUT2D eigenvalue weighted by atomic mass is 16.5. The average Bonchev–Trinajstić information content (AvgIpc) is 3.16. The van der Waals surface area contributed by atoms with Crippen LogP contribution >= 0.6 is 0 Å². The van der Waals surface area contributed by atoms with Crippen LogP contribution in [-0.4, -0.2) is 44.2 Å². The lowest BCUT2D eigenvalue weighted by molar-refractivity contribution is -0.122. The molecule has 3 aromatic rings. The second-order valence-electron chi connectivity index (χ2n) is 6.17. The number of rotatable bonds is 3. The van der Waals surface area contributed by atoms with Crippen molar-refractivity contribution in [2.75, 3.05) is 7.11 Å². The van der Waals surface area contributed by atoms with Gasteiger partial charge >= 0.3 is 6.03 Å². The molecule has 1 aliphatic rings.